The molecule has 3 aromatic rings. The highest BCUT2D eigenvalue weighted by Gasteiger charge is 2.06. The summed E-state index contributed by atoms with van der Waals surface area (Å²) in [6.45, 7) is 4.70. The van der Waals surface area contributed by atoms with E-state index in [0.29, 0.717) is 5.02 Å². The van der Waals surface area contributed by atoms with E-state index in [-0.39, 0.29) is 6.10 Å². The molecule has 0 radical (unpaired) electrons. The predicted molar refractivity (Wildman–Crippen MR) is 98.5 cm³/mol. The van der Waals surface area contributed by atoms with E-state index in [1.165, 1.54) is 10.8 Å². The molecule has 2 nitrogen and oxygen atoms in total. The van der Waals surface area contributed by atoms with Crippen molar-refractivity contribution in [2.45, 2.75) is 26.5 Å². The molecular formula is C20H20ClNO. The number of halogens is 1. The molecule has 0 heterocycles. The zero-order valence-electron chi connectivity index (χ0n) is 13.3. The van der Waals surface area contributed by atoms with Gasteiger partial charge in [-0.3, -0.25) is 0 Å². The molecule has 0 atom stereocenters. The van der Waals surface area contributed by atoms with Crippen LogP contribution < -0.4 is 10.1 Å². The zero-order valence-corrected chi connectivity index (χ0v) is 14.1. The molecule has 0 amide bonds. The van der Waals surface area contributed by atoms with E-state index >= 15 is 0 Å². The lowest BCUT2D eigenvalue weighted by Crippen LogP contribution is -2.06. The van der Waals surface area contributed by atoms with Gasteiger partial charge in [-0.05, 0) is 43.0 Å². The highest BCUT2D eigenvalue weighted by Crippen LogP contribution is 2.28. The average Bonchev–Trinajstić information content (AvgIpc) is 2.55. The first-order valence-corrected chi connectivity index (χ1v) is 8.18. The van der Waals surface area contributed by atoms with Crippen LogP contribution in [0.1, 0.15) is 19.4 Å². The first-order valence-electron chi connectivity index (χ1n) is 7.80. The van der Waals surface area contributed by atoms with Gasteiger partial charge in [0.05, 0.1) is 11.1 Å². The monoisotopic (exact) mass is 325 g/mol. The molecule has 0 aliphatic rings. The molecule has 0 spiro atoms. The highest BCUT2D eigenvalue weighted by atomic mass is 35.5. The minimum Gasteiger partial charge on any atom is -0.489 e. The van der Waals surface area contributed by atoms with E-state index in [4.69, 9.17) is 16.3 Å². The Hall–Kier alpha value is -2.19. The maximum Gasteiger partial charge on any atom is 0.138 e. The fraction of sp³-hybridized carbons (Fsp3) is 0.200. The third-order valence-corrected chi connectivity index (χ3v) is 3.93. The third-order valence-electron chi connectivity index (χ3n) is 3.63. The predicted octanol–water partition coefficient (Wildman–Crippen LogP) is 5.89. The Bertz CT molecular complexity index is 808. The fourth-order valence-electron chi connectivity index (χ4n) is 2.58. The van der Waals surface area contributed by atoms with E-state index in [1.54, 1.807) is 0 Å². The second-order valence-electron chi connectivity index (χ2n) is 5.81. The van der Waals surface area contributed by atoms with E-state index < -0.39 is 0 Å². The fourth-order valence-corrected chi connectivity index (χ4v) is 2.83. The average molecular weight is 326 g/mol. The van der Waals surface area contributed by atoms with E-state index in [0.717, 1.165) is 23.5 Å². The quantitative estimate of drug-likeness (QED) is 0.631. The third kappa shape index (κ3) is 3.77. The van der Waals surface area contributed by atoms with E-state index in [2.05, 4.69) is 47.8 Å². The highest BCUT2D eigenvalue weighted by molar-refractivity contribution is 6.32. The van der Waals surface area contributed by atoms with Crippen LogP contribution in [0.25, 0.3) is 10.8 Å². The lowest BCUT2D eigenvalue weighted by molar-refractivity contribution is 0.242. The van der Waals surface area contributed by atoms with Gasteiger partial charge in [0.2, 0.25) is 0 Å². The second-order valence-corrected chi connectivity index (χ2v) is 6.22. The molecule has 3 aromatic carbocycles. The molecular weight excluding hydrogens is 306 g/mol. The Morgan fingerprint density at radius 3 is 2.57 bits per heavy atom. The van der Waals surface area contributed by atoms with Crippen molar-refractivity contribution in [2.24, 2.45) is 0 Å². The number of anilines is 1. The number of rotatable bonds is 5. The van der Waals surface area contributed by atoms with Crippen LogP contribution in [-0.2, 0) is 6.54 Å². The summed E-state index contributed by atoms with van der Waals surface area (Å²) in [5.74, 6) is 0.732. The molecule has 0 unspecified atom stereocenters. The van der Waals surface area contributed by atoms with Gasteiger partial charge in [-0.25, -0.2) is 0 Å². The van der Waals surface area contributed by atoms with Gasteiger partial charge in [-0.1, -0.05) is 54.1 Å². The van der Waals surface area contributed by atoms with Gasteiger partial charge in [0.25, 0.3) is 0 Å². The first kappa shape index (κ1) is 15.7. The largest absolute Gasteiger partial charge is 0.489 e. The Balaban J connectivity index is 1.76. The van der Waals surface area contributed by atoms with Gasteiger partial charge in [0, 0.05) is 17.6 Å². The van der Waals surface area contributed by atoms with Gasteiger partial charge in [0.15, 0.2) is 0 Å². The van der Waals surface area contributed by atoms with Crippen LogP contribution in [0.15, 0.2) is 60.7 Å². The maximum absolute atomic E-state index is 6.30. The van der Waals surface area contributed by atoms with E-state index in [1.807, 2.05) is 32.0 Å². The summed E-state index contributed by atoms with van der Waals surface area (Å²) in [4.78, 5) is 0. The van der Waals surface area contributed by atoms with Crippen LogP contribution in [0.3, 0.4) is 0 Å². The topological polar surface area (TPSA) is 21.3 Å². The Morgan fingerprint density at radius 1 is 1.00 bits per heavy atom. The smallest absolute Gasteiger partial charge is 0.138 e. The minimum atomic E-state index is 0.118. The molecule has 118 valence electrons. The van der Waals surface area contributed by atoms with Gasteiger partial charge >= 0.3 is 0 Å². The lowest BCUT2D eigenvalue weighted by Gasteiger charge is -2.13. The van der Waals surface area contributed by atoms with Crippen molar-refractivity contribution < 1.29 is 4.74 Å². The van der Waals surface area contributed by atoms with Crippen molar-refractivity contribution in [2.75, 3.05) is 5.32 Å². The molecule has 0 saturated carbocycles. The molecule has 0 fully saturated rings. The summed E-state index contributed by atoms with van der Waals surface area (Å²) >= 11 is 6.30. The lowest BCUT2D eigenvalue weighted by atomic mass is 10.1. The maximum atomic E-state index is 6.30. The van der Waals surface area contributed by atoms with Crippen molar-refractivity contribution in [3.05, 3.63) is 71.2 Å². The van der Waals surface area contributed by atoms with Gasteiger partial charge in [-0.2, -0.15) is 0 Å². The van der Waals surface area contributed by atoms with Crippen LogP contribution in [0, 0.1) is 0 Å². The van der Waals surface area contributed by atoms with Crippen molar-refractivity contribution in [1.29, 1.82) is 0 Å². The standard InChI is InChI=1S/C20H20ClNO/c1-14(2)23-20-11-10-15(12-18(20)21)13-22-19-9-5-7-16-6-3-4-8-17(16)19/h3-12,14,22H,13H2,1-2H3. The Morgan fingerprint density at radius 2 is 1.78 bits per heavy atom. The summed E-state index contributed by atoms with van der Waals surface area (Å²) in [5, 5.41) is 6.60. The number of hydrogen-bond donors (Lipinski definition) is 1. The summed E-state index contributed by atoms with van der Waals surface area (Å²) < 4.78 is 5.67. The van der Waals surface area contributed by atoms with Crippen LogP contribution in [0.4, 0.5) is 5.69 Å². The van der Waals surface area contributed by atoms with Crippen molar-refractivity contribution in [1.82, 2.24) is 0 Å². The van der Waals surface area contributed by atoms with Crippen LogP contribution in [0.2, 0.25) is 5.02 Å². The number of ether oxygens (including phenoxy) is 1. The zero-order chi connectivity index (χ0) is 16.2. The van der Waals surface area contributed by atoms with Crippen molar-refractivity contribution in [3.8, 4) is 5.75 Å². The van der Waals surface area contributed by atoms with Crippen LogP contribution in [0.5, 0.6) is 5.75 Å². The molecule has 3 heteroatoms. The molecule has 3 rings (SSSR count). The first-order chi connectivity index (χ1) is 11.1. The number of nitrogens with one attached hydrogen (secondary N) is 1. The number of benzene rings is 3. The Kier molecular flexibility index (Phi) is 4.73. The molecule has 0 aromatic heterocycles. The minimum absolute atomic E-state index is 0.118. The van der Waals surface area contributed by atoms with Crippen molar-refractivity contribution in [3.63, 3.8) is 0 Å². The molecule has 0 saturated heterocycles. The van der Waals surface area contributed by atoms with Gasteiger partial charge in [-0.15, -0.1) is 0 Å². The molecule has 0 aliphatic carbocycles. The summed E-state index contributed by atoms with van der Waals surface area (Å²) in [5.41, 5.74) is 2.25. The van der Waals surface area contributed by atoms with Gasteiger partial charge < -0.3 is 10.1 Å². The van der Waals surface area contributed by atoms with Crippen LogP contribution >= 0.6 is 11.6 Å². The van der Waals surface area contributed by atoms with Crippen molar-refractivity contribution >= 4 is 28.1 Å². The van der Waals surface area contributed by atoms with E-state index in [9.17, 15) is 0 Å². The Labute approximate surface area is 142 Å². The molecule has 0 bridgehead atoms. The number of hydrogen-bond acceptors (Lipinski definition) is 2. The normalized spacial score (nSPS) is 11.0. The number of fused-ring (bicyclic) bond motifs is 1. The summed E-state index contributed by atoms with van der Waals surface area (Å²) in [6, 6.07) is 20.6. The molecule has 1 N–H and O–H groups in total. The summed E-state index contributed by atoms with van der Waals surface area (Å²) in [7, 11) is 0. The van der Waals surface area contributed by atoms with Crippen LogP contribution in [-0.4, -0.2) is 6.10 Å². The molecule has 23 heavy (non-hydrogen) atoms. The van der Waals surface area contributed by atoms with Gasteiger partial charge in [0.1, 0.15) is 5.75 Å². The second kappa shape index (κ2) is 6.93. The molecule has 0 aliphatic heterocycles. The SMILES string of the molecule is CC(C)Oc1ccc(CNc2cccc3ccccc23)cc1Cl. The summed E-state index contributed by atoms with van der Waals surface area (Å²) in [6.07, 6.45) is 0.118.